The standard InChI is InChI=1S/C12H16ClN/c13-12-3-1-2-11(9-12)8-10-4-6-14-7-5-10/h1-3,9-10,14H,4-8H2. The van der Waals surface area contributed by atoms with Gasteiger partial charge in [-0.3, -0.25) is 0 Å². The second-order valence-electron chi connectivity index (χ2n) is 4.03. The third kappa shape index (κ3) is 2.73. The highest BCUT2D eigenvalue weighted by Gasteiger charge is 2.13. The van der Waals surface area contributed by atoms with Crippen LogP contribution in [0.5, 0.6) is 0 Å². The summed E-state index contributed by atoms with van der Waals surface area (Å²) in [5.74, 6) is 0.842. The second-order valence-corrected chi connectivity index (χ2v) is 4.46. The first-order valence-corrected chi connectivity index (χ1v) is 5.67. The minimum Gasteiger partial charge on any atom is -0.317 e. The summed E-state index contributed by atoms with van der Waals surface area (Å²) in [6.45, 7) is 2.34. The molecule has 0 spiro atoms. The maximum Gasteiger partial charge on any atom is 0.0408 e. The van der Waals surface area contributed by atoms with E-state index in [0.717, 1.165) is 10.9 Å². The van der Waals surface area contributed by atoms with Crippen LogP contribution < -0.4 is 5.32 Å². The van der Waals surface area contributed by atoms with Crippen molar-refractivity contribution in [3.8, 4) is 0 Å². The number of piperidine rings is 1. The van der Waals surface area contributed by atoms with Gasteiger partial charge in [-0.15, -0.1) is 0 Å². The minimum absolute atomic E-state index is 0.842. The Morgan fingerprint density at radius 2 is 2.07 bits per heavy atom. The maximum atomic E-state index is 5.95. The fourth-order valence-electron chi connectivity index (χ4n) is 2.08. The Kier molecular flexibility index (Phi) is 3.44. The highest BCUT2D eigenvalue weighted by molar-refractivity contribution is 6.30. The van der Waals surface area contributed by atoms with E-state index in [1.54, 1.807) is 0 Å². The van der Waals surface area contributed by atoms with Gasteiger partial charge in [-0.2, -0.15) is 0 Å². The van der Waals surface area contributed by atoms with E-state index in [9.17, 15) is 0 Å². The molecule has 0 aromatic heterocycles. The highest BCUT2D eigenvalue weighted by Crippen LogP contribution is 2.19. The van der Waals surface area contributed by atoms with Gasteiger partial charge in [-0.05, 0) is 56.0 Å². The molecule has 0 saturated carbocycles. The molecule has 1 N–H and O–H groups in total. The number of halogens is 1. The number of rotatable bonds is 2. The lowest BCUT2D eigenvalue weighted by Crippen LogP contribution is -2.28. The van der Waals surface area contributed by atoms with Gasteiger partial charge in [-0.25, -0.2) is 0 Å². The van der Waals surface area contributed by atoms with Gasteiger partial charge in [0.15, 0.2) is 0 Å². The van der Waals surface area contributed by atoms with Crippen LogP contribution in [0.4, 0.5) is 0 Å². The van der Waals surface area contributed by atoms with Gasteiger partial charge in [0.05, 0.1) is 0 Å². The molecule has 1 aliphatic heterocycles. The van der Waals surface area contributed by atoms with Crippen LogP contribution in [0.3, 0.4) is 0 Å². The monoisotopic (exact) mass is 209 g/mol. The summed E-state index contributed by atoms with van der Waals surface area (Å²) in [5.41, 5.74) is 1.38. The lowest BCUT2D eigenvalue weighted by molar-refractivity contribution is 0.372. The Morgan fingerprint density at radius 3 is 2.79 bits per heavy atom. The van der Waals surface area contributed by atoms with E-state index in [-0.39, 0.29) is 0 Å². The van der Waals surface area contributed by atoms with E-state index >= 15 is 0 Å². The number of hydrogen-bond donors (Lipinski definition) is 1. The first kappa shape index (κ1) is 10.0. The van der Waals surface area contributed by atoms with Crippen molar-refractivity contribution in [2.24, 2.45) is 5.92 Å². The van der Waals surface area contributed by atoms with Crippen molar-refractivity contribution >= 4 is 11.6 Å². The van der Waals surface area contributed by atoms with Gasteiger partial charge < -0.3 is 5.32 Å². The smallest absolute Gasteiger partial charge is 0.0408 e. The first-order chi connectivity index (χ1) is 6.84. The summed E-state index contributed by atoms with van der Waals surface area (Å²) in [5, 5.41) is 4.24. The summed E-state index contributed by atoms with van der Waals surface area (Å²) in [6, 6.07) is 8.24. The SMILES string of the molecule is Clc1cccc(CC2CCNCC2)c1. The van der Waals surface area contributed by atoms with E-state index in [2.05, 4.69) is 17.4 Å². The molecule has 0 aliphatic carbocycles. The Morgan fingerprint density at radius 1 is 1.29 bits per heavy atom. The number of nitrogens with one attached hydrogen (secondary N) is 1. The van der Waals surface area contributed by atoms with Crippen molar-refractivity contribution in [2.75, 3.05) is 13.1 Å². The first-order valence-electron chi connectivity index (χ1n) is 5.30. The Bertz CT molecular complexity index is 292. The Balaban J connectivity index is 1.95. The third-order valence-corrected chi connectivity index (χ3v) is 3.11. The second kappa shape index (κ2) is 4.81. The highest BCUT2D eigenvalue weighted by atomic mass is 35.5. The van der Waals surface area contributed by atoms with Crippen LogP contribution in [0.15, 0.2) is 24.3 Å². The van der Waals surface area contributed by atoms with Crippen LogP contribution in [-0.2, 0) is 6.42 Å². The molecule has 0 amide bonds. The zero-order chi connectivity index (χ0) is 9.80. The molecule has 1 aromatic carbocycles. The van der Waals surface area contributed by atoms with E-state index in [0.29, 0.717) is 0 Å². The lowest BCUT2D eigenvalue weighted by Gasteiger charge is -2.22. The van der Waals surface area contributed by atoms with Crippen LogP contribution in [0.2, 0.25) is 5.02 Å². The summed E-state index contributed by atoms with van der Waals surface area (Å²) in [7, 11) is 0. The summed E-state index contributed by atoms with van der Waals surface area (Å²) in [6.07, 6.45) is 3.78. The predicted octanol–water partition coefficient (Wildman–Crippen LogP) is 2.88. The number of hydrogen-bond acceptors (Lipinski definition) is 1. The molecule has 1 nitrogen and oxygen atoms in total. The molecule has 1 aromatic rings. The molecule has 14 heavy (non-hydrogen) atoms. The Hall–Kier alpha value is -0.530. The largest absolute Gasteiger partial charge is 0.317 e. The summed E-state index contributed by atoms with van der Waals surface area (Å²) >= 11 is 5.95. The zero-order valence-corrected chi connectivity index (χ0v) is 9.06. The van der Waals surface area contributed by atoms with Crippen LogP contribution >= 0.6 is 11.6 Å². The molecule has 1 saturated heterocycles. The van der Waals surface area contributed by atoms with Crippen LogP contribution in [-0.4, -0.2) is 13.1 Å². The topological polar surface area (TPSA) is 12.0 Å². The van der Waals surface area contributed by atoms with E-state index in [1.165, 1.54) is 37.9 Å². The average molecular weight is 210 g/mol. The molecule has 2 heteroatoms. The van der Waals surface area contributed by atoms with Crippen LogP contribution in [0.25, 0.3) is 0 Å². The molecule has 1 fully saturated rings. The molecule has 1 heterocycles. The molecule has 1 aliphatic rings. The molecule has 0 atom stereocenters. The molecule has 0 bridgehead atoms. The van der Waals surface area contributed by atoms with Crippen molar-refractivity contribution in [1.82, 2.24) is 5.32 Å². The van der Waals surface area contributed by atoms with Crippen molar-refractivity contribution in [2.45, 2.75) is 19.3 Å². The van der Waals surface area contributed by atoms with Crippen molar-refractivity contribution in [1.29, 1.82) is 0 Å². The zero-order valence-electron chi connectivity index (χ0n) is 8.30. The third-order valence-electron chi connectivity index (χ3n) is 2.87. The molecule has 0 radical (unpaired) electrons. The average Bonchev–Trinajstić information content (AvgIpc) is 2.19. The Labute approximate surface area is 90.5 Å². The van der Waals surface area contributed by atoms with Gasteiger partial charge in [0, 0.05) is 5.02 Å². The molecular weight excluding hydrogens is 194 g/mol. The minimum atomic E-state index is 0.842. The van der Waals surface area contributed by atoms with E-state index in [4.69, 9.17) is 11.6 Å². The molecule has 2 rings (SSSR count). The van der Waals surface area contributed by atoms with Crippen LogP contribution in [0.1, 0.15) is 18.4 Å². The maximum absolute atomic E-state index is 5.95. The molecule has 76 valence electrons. The van der Waals surface area contributed by atoms with E-state index < -0.39 is 0 Å². The fourth-order valence-corrected chi connectivity index (χ4v) is 2.30. The van der Waals surface area contributed by atoms with E-state index in [1.807, 2.05) is 12.1 Å². The summed E-state index contributed by atoms with van der Waals surface area (Å²) in [4.78, 5) is 0. The molecule has 0 unspecified atom stereocenters. The van der Waals surface area contributed by atoms with Gasteiger partial charge in [0.25, 0.3) is 0 Å². The predicted molar refractivity (Wildman–Crippen MR) is 60.7 cm³/mol. The molecular formula is C12H16ClN. The van der Waals surface area contributed by atoms with Crippen molar-refractivity contribution in [3.05, 3.63) is 34.9 Å². The van der Waals surface area contributed by atoms with Crippen LogP contribution in [0, 0.1) is 5.92 Å². The normalized spacial score (nSPS) is 18.4. The van der Waals surface area contributed by atoms with Gasteiger partial charge in [-0.1, -0.05) is 23.7 Å². The quantitative estimate of drug-likeness (QED) is 0.790. The van der Waals surface area contributed by atoms with Gasteiger partial charge in [0.1, 0.15) is 0 Å². The lowest BCUT2D eigenvalue weighted by atomic mass is 9.91. The van der Waals surface area contributed by atoms with Gasteiger partial charge in [0.2, 0.25) is 0 Å². The van der Waals surface area contributed by atoms with Crippen molar-refractivity contribution in [3.63, 3.8) is 0 Å². The fraction of sp³-hybridized carbons (Fsp3) is 0.500. The summed E-state index contributed by atoms with van der Waals surface area (Å²) < 4.78 is 0. The van der Waals surface area contributed by atoms with Crippen molar-refractivity contribution < 1.29 is 0 Å². The van der Waals surface area contributed by atoms with Gasteiger partial charge >= 0.3 is 0 Å². The number of benzene rings is 1.